The number of hydrogen-bond acceptors (Lipinski definition) is 3. The van der Waals surface area contributed by atoms with E-state index in [1.165, 1.54) is 6.07 Å². The van der Waals surface area contributed by atoms with Crippen LogP contribution in [0.25, 0.3) is 0 Å². The molecule has 0 unspecified atom stereocenters. The van der Waals surface area contributed by atoms with Crippen molar-refractivity contribution in [1.82, 2.24) is 0 Å². The monoisotopic (exact) mass is 353 g/mol. The Hall–Kier alpha value is -1.59. The molecule has 5 heteroatoms. The molecule has 0 aliphatic heterocycles. The van der Waals surface area contributed by atoms with Gasteiger partial charge in [0.15, 0.2) is 0 Å². The van der Waals surface area contributed by atoms with Crippen molar-refractivity contribution in [3.63, 3.8) is 0 Å². The standard InChI is InChI=1S/C16H17BrFNO2/c1-20-13-5-6-15(11(9-13)7-8-19)21-10-12-3-2-4-14(18)16(12)17/h2-6,9H,7-8,10,19H2,1H3. The van der Waals surface area contributed by atoms with Gasteiger partial charge in [0.25, 0.3) is 0 Å². The van der Waals surface area contributed by atoms with E-state index in [0.717, 1.165) is 22.6 Å². The molecule has 0 fully saturated rings. The van der Waals surface area contributed by atoms with Crippen molar-refractivity contribution in [2.75, 3.05) is 13.7 Å². The normalized spacial score (nSPS) is 10.5. The van der Waals surface area contributed by atoms with E-state index < -0.39 is 0 Å². The zero-order chi connectivity index (χ0) is 15.2. The quantitative estimate of drug-likeness (QED) is 0.861. The first-order valence-electron chi connectivity index (χ1n) is 6.58. The second-order valence-electron chi connectivity index (χ2n) is 4.51. The van der Waals surface area contributed by atoms with Crippen LogP contribution in [0.1, 0.15) is 11.1 Å². The van der Waals surface area contributed by atoms with Gasteiger partial charge in [0, 0.05) is 5.56 Å². The predicted molar refractivity (Wildman–Crippen MR) is 84.2 cm³/mol. The van der Waals surface area contributed by atoms with Crippen LogP contribution in [0.2, 0.25) is 0 Å². The Balaban J connectivity index is 2.17. The molecule has 2 aromatic rings. The number of hydrogen-bond donors (Lipinski definition) is 1. The van der Waals surface area contributed by atoms with Gasteiger partial charge in [0.2, 0.25) is 0 Å². The molecule has 0 saturated heterocycles. The number of rotatable bonds is 6. The molecule has 2 N–H and O–H groups in total. The van der Waals surface area contributed by atoms with Gasteiger partial charge in [-0.1, -0.05) is 12.1 Å². The number of halogens is 2. The van der Waals surface area contributed by atoms with Gasteiger partial charge in [-0.3, -0.25) is 0 Å². The number of benzene rings is 2. The SMILES string of the molecule is COc1ccc(OCc2cccc(F)c2Br)c(CCN)c1. The van der Waals surface area contributed by atoms with Crippen molar-refractivity contribution in [3.05, 3.63) is 57.8 Å². The topological polar surface area (TPSA) is 44.5 Å². The van der Waals surface area contributed by atoms with Crippen molar-refractivity contribution in [2.45, 2.75) is 13.0 Å². The van der Waals surface area contributed by atoms with Crippen LogP contribution in [0.15, 0.2) is 40.9 Å². The molecule has 0 aromatic heterocycles. The lowest BCUT2D eigenvalue weighted by molar-refractivity contribution is 0.300. The van der Waals surface area contributed by atoms with Crippen molar-refractivity contribution >= 4 is 15.9 Å². The summed E-state index contributed by atoms with van der Waals surface area (Å²) in [6.07, 6.45) is 0.691. The first-order valence-corrected chi connectivity index (χ1v) is 7.37. The van der Waals surface area contributed by atoms with Crippen molar-refractivity contribution in [1.29, 1.82) is 0 Å². The molecule has 0 radical (unpaired) electrons. The summed E-state index contributed by atoms with van der Waals surface area (Å²) >= 11 is 3.23. The van der Waals surface area contributed by atoms with Crippen LogP contribution in [0.5, 0.6) is 11.5 Å². The fourth-order valence-corrected chi connectivity index (χ4v) is 2.37. The highest BCUT2D eigenvalue weighted by Gasteiger charge is 2.09. The summed E-state index contributed by atoms with van der Waals surface area (Å²) in [7, 11) is 1.62. The molecule has 0 aliphatic carbocycles. The molecule has 2 aromatic carbocycles. The Labute approximate surface area is 132 Å². The van der Waals surface area contributed by atoms with Crippen LogP contribution in [-0.2, 0) is 13.0 Å². The molecular formula is C16H17BrFNO2. The maximum atomic E-state index is 13.5. The van der Waals surface area contributed by atoms with Gasteiger partial charge >= 0.3 is 0 Å². The van der Waals surface area contributed by atoms with Crippen LogP contribution in [0.4, 0.5) is 4.39 Å². The van der Waals surface area contributed by atoms with Gasteiger partial charge in [-0.05, 0) is 58.7 Å². The van der Waals surface area contributed by atoms with Crippen LogP contribution >= 0.6 is 15.9 Å². The zero-order valence-electron chi connectivity index (χ0n) is 11.7. The highest BCUT2D eigenvalue weighted by molar-refractivity contribution is 9.10. The summed E-state index contributed by atoms with van der Waals surface area (Å²) in [6, 6.07) is 10.5. The van der Waals surface area contributed by atoms with Gasteiger partial charge in [0.05, 0.1) is 11.6 Å². The minimum atomic E-state index is -0.298. The molecule has 0 amide bonds. The van der Waals surface area contributed by atoms with E-state index >= 15 is 0 Å². The zero-order valence-corrected chi connectivity index (χ0v) is 13.3. The maximum absolute atomic E-state index is 13.5. The van der Waals surface area contributed by atoms with E-state index in [4.69, 9.17) is 15.2 Å². The average Bonchev–Trinajstić information content (AvgIpc) is 2.50. The van der Waals surface area contributed by atoms with E-state index in [0.29, 0.717) is 17.4 Å². The third-order valence-corrected chi connectivity index (χ3v) is 3.98. The highest BCUT2D eigenvalue weighted by atomic mass is 79.9. The second-order valence-corrected chi connectivity index (χ2v) is 5.31. The number of methoxy groups -OCH3 is 1. The van der Waals surface area contributed by atoms with E-state index in [1.807, 2.05) is 24.3 Å². The van der Waals surface area contributed by atoms with Crippen molar-refractivity contribution in [3.8, 4) is 11.5 Å². The Morgan fingerprint density at radius 3 is 2.71 bits per heavy atom. The maximum Gasteiger partial charge on any atom is 0.137 e. The fraction of sp³-hybridized carbons (Fsp3) is 0.250. The number of nitrogens with two attached hydrogens (primary N) is 1. The Morgan fingerprint density at radius 1 is 1.19 bits per heavy atom. The van der Waals surface area contributed by atoms with E-state index in [-0.39, 0.29) is 12.4 Å². The van der Waals surface area contributed by atoms with Crippen LogP contribution < -0.4 is 15.2 Å². The Kier molecular flexibility index (Phi) is 5.59. The largest absolute Gasteiger partial charge is 0.497 e. The summed E-state index contributed by atoms with van der Waals surface area (Å²) in [6.45, 7) is 0.801. The summed E-state index contributed by atoms with van der Waals surface area (Å²) < 4.78 is 24.9. The Bertz CT molecular complexity index is 619. The molecule has 112 valence electrons. The van der Waals surface area contributed by atoms with Gasteiger partial charge in [-0.15, -0.1) is 0 Å². The fourth-order valence-electron chi connectivity index (χ4n) is 1.99. The van der Waals surface area contributed by atoms with Crippen molar-refractivity contribution < 1.29 is 13.9 Å². The second kappa shape index (κ2) is 7.43. The molecule has 0 saturated carbocycles. The number of ether oxygens (including phenoxy) is 2. The van der Waals surface area contributed by atoms with E-state index in [2.05, 4.69) is 15.9 Å². The Morgan fingerprint density at radius 2 is 2.00 bits per heavy atom. The smallest absolute Gasteiger partial charge is 0.137 e. The first-order chi connectivity index (χ1) is 10.2. The van der Waals surface area contributed by atoms with Crippen LogP contribution in [0.3, 0.4) is 0 Å². The molecule has 0 spiro atoms. The lowest BCUT2D eigenvalue weighted by atomic mass is 10.1. The highest BCUT2D eigenvalue weighted by Crippen LogP contribution is 2.27. The lowest BCUT2D eigenvalue weighted by Crippen LogP contribution is -2.06. The summed E-state index contributed by atoms with van der Waals surface area (Å²) in [4.78, 5) is 0. The lowest BCUT2D eigenvalue weighted by Gasteiger charge is -2.13. The summed E-state index contributed by atoms with van der Waals surface area (Å²) in [5, 5.41) is 0. The average molecular weight is 354 g/mol. The minimum Gasteiger partial charge on any atom is -0.497 e. The van der Waals surface area contributed by atoms with Crippen LogP contribution in [0, 0.1) is 5.82 Å². The molecule has 0 atom stereocenters. The van der Waals surface area contributed by atoms with Gasteiger partial charge in [0.1, 0.15) is 23.9 Å². The summed E-state index contributed by atoms with van der Waals surface area (Å²) in [5.41, 5.74) is 7.35. The molecule has 3 nitrogen and oxygen atoms in total. The van der Waals surface area contributed by atoms with Crippen molar-refractivity contribution in [2.24, 2.45) is 5.73 Å². The van der Waals surface area contributed by atoms with E-state index in [1.54, 1.807) is 13.2 Å². The first kappa shape index (κ1) is 15.8. The molecule has 21 heavy (non-hydrogen) atoms. The molecular weight excluding hydrogens is 337 g/mol. The third-order valence-electron chi connectivity index (χ3n) is 3.10. The van der Waals surface area contributed by atoms with E-state index in [9.17, 15) is 4.39 Å². The third kappa shape index (κ3) is 3.95. The summed E-state index contributed by atoms with van der Waals surface area (Å²) in [5.74, 6) is 1.20. The molecule has 2 rings (SSSR count). The predicted octanol–water partition coefficient (Wildman–Crippen LogP) is 3.68. The van der Waals surface area contributed by atoms with Gasteiger partial charge < -0.3 is 15.2 Å². The van der Waals surface area contributed by atoms with Gasteiger partial charge in [-0.2, -0.15) is 0 Å². The van der Waals surface area contributed by atoms with Gasteiger partial charge in [-0.25, -0.2) is 4.39 Å². The molecule has 0 aliphatic rings. The molecule has 0 bridgehead atoms. The van der Waals surface area contributed by atoms with Crippen LogP contribution in [-0.4, -0.2) is 13.7 Å². The molecule has 0 heterocycles. The minimum absolute atomic E-state index is 0.280.